The van der Waals surface area contributed by atoms with Gasteiger partial charge in [-0.25, -0.2) is 13.9 Å². The molecule has 0 bridgehead atoms. The first-order valence-electron chi connectivity index (χ1n) is 9.74. The number of carbonyl (C=O) groups is 2. The molecular formula is C20H32N4O5S. The Morgan fingerprint density at radius 2 is 1.80 bits per heavy atom. The fraction of sp³-hybridized carbons (Fsp3) is 0.500. The Morgan fingerprint density at radius 3 is 2.30 bits per heavy atom. The van der Waals surface area contributed by atoms with E-state index >= 15 is 0 Å². The molecule has 0 aliphatic heterocycles. The number of carbonyl (C=O) groups excluding carboxylic acids is 2. The highest BCUT2D eigenvalue weighted by molar-refractivity contribution is 7.88. The number of hydrazine groups is 1. The molecule has 9 nitrogen and oxygen atoms in total. The Bertz CT molecular complexity index is 812. The van der Waals surface area contributed by atoms with Gasteiger partial charge < -0.3 is 5.73 Å². The molecule has 30 heavy (non-hydrogen) atoms. The maximum atomic E-state index is 13.0. The summed E-state index contributed by atoms with van der Waals surface area (Å²) in [7, 11) is -3.73. The number of sulfonamides is 1. The number of nitrogens with two attached hydrogens (primary N) is 1. The van der Waals surface area contributed by atoms with E-state index < -0.39 is 33.7 Å². The van der Waals surface area contributed by atoms with Gasteiger partial charge in [0.15, 0.2) is 0 Å². The average Bonchev–Trinajstić information content (AvgIpc) is 2.68. The molecule has 0 saturated heterocycles. The first-order valence-corrected chi connectivity index (χ1v) is 11.6. The van der Waals surface area contributed by atoms with Crippen molar-refractivity contribution in [2.45, 2.75) is 26.7 Å². The fourth-order valence-corrected chi connectivity index (χ4v) is 3.73. The summed E-state index contributed by atoms with van der Waals surface area (Å²) in [6, 6.07) is 9.43. The van der Waals surface area contributed by atoms with Crippen LogP contribution in [0.25, 0.3) is 6.08 Å². The number of benzene rings is 1. The number of hydroxylamine groups is 1. The van der Waals surface area contributed by atoms with Crippen LogP contribution in [-0.4, -0.2) is 49.2 Å². The monoisotopic (exact) mass is 440 g/mol. The van der Waals surface area contributed by atoms with Gasteiger partial charge in [-0.05, 0) is 24.3 Å². The summed E-state index contributed by atoms with van der Waals surface area (Å²) < 4.78 is 24.6. The van der Waals surface area contributed by atoms with Gasteiger partial charge in [-0.2, -0.15) is 0 Å². The van der Waals surface area contributed by atoms with Gasteiger partial charge in [0.2, 0.25) is 21.8 Å². The van der Waals surface area contributed by atoms with Crippen molar-refractivity contribution in [1.29, 1.82) is 0 Å². The number of nitrogens with one attached hydrogen (secondary N) is 2. The Balaban J connectivity index is 3.11. The van der Waals surface area contributed by atoms with E-state index in [1.54, 1.807) is 11.6 Å². The van der Waals surface area contributed by atoms with Crippen LogP contribution in [0.2, 0.25) is 0 Å². The largest absolute Gasteiger partial charge is 0.329 e. The second-order valence-corrected chi connectivity index (χ2v) is 9.37. The molecule has 0 aromatic heterocycles. The van der Waals surface area contributed by atoms with Gasteiger partial charge in [-0.3, -0.25) is 20.2 Å². The lowest BCUT2D eigenvalue weighted by Gasteiger charge is -2.28. The third-order valence-electron chi connectivity index (χ3n) is 4.46. The van der Waals surface area contributed by atoms with Crippen molar-refractivity contribution in [2.75, 3.05) is 19.3 Å². The van der Waals surface area contributed by atoms with E-state index in [9.17, 15) is 23.2 Å². The maximum absolute atomic E-state index is 13.0. The normalized spacial score (nSPS) is 14.1. The zero-order valence-electron chi connectivity index (χ0n) is 17.6. The van der Waals surface area contributed by atoms with Crippen molar-refractivity contribution in [3.8, 4) is 0 Å². The molecule has 5 N–H and O–H groups in total. The topological polar surface area (TPSA) is 142 Å². The Hall–Kier alpha value is -2.27. The minimum absolute atomic E-state index is 0.0164. The van der Waals surface area contributed by atoms with E-state index in [4.69, 9.17) is 5.73 Å². The number of amides is 2. The SMILES string of the molecule is CC(C)C[C@@H](C(=O)NN(CCN)S(C)(=O)=O)[C@H](CC=Cc1ccccc1)C(=O)NO. The van der Waals surface area contributed by atoms with Crippen molar-refractivity contribution >= 4 is 27.9 Å². The number of nitrogens with zero attached hydrogens (tertiary/aromatic N) is 1. The van der Waals surface area contributed by atoms with Gasteiger partial charge in [0.25, 0.3) is 0 Å². The molecule has 0 aliphatic rings. The van der Waals surface area contributed by atoms with E-state index in [1.807, 2.05) is 50.3 Å². The number of hydrogen-bond acceptors (Lipinski definition) is 6. The summed E-state index contributed by atoms with van der Waals surface area (Å²) in [5.74, 6) is -3.03. The van der Waals surface area contributed by atoms with Gasteiger partial charge in [-0.15, -0.1) is 4.41 Å². The standard InChI is InChI=1S/C20H32N4O5S/c1-15(2)14-18(19(25)22-24(13-12-21)30(3,28)29)17(20(26)23-27)11-7-10-16-8-5-4-6-9-16/h4-10,15,17-18,27H,11-14,21H2,1-3H3,(H,22,25)(H,23,26)/t17-,18+/m0/s1. The molecule has 0 radical (unpaired) electrons. The molecule has 0 aliphatic carbocycles. The van der Waals surface area contributed by atoms with Gasteiger partial charge in [-0.1, -0.05) is 56.3 Å². The summed E-state index contributed by atoms with van der Waals surface area (Å²) in [5, 5.41) is 9.20. The van der Waals surface area contributed by atoms with E-state index in [2.05, 4.69) is 5.43 Å². The van der Waals surface area contributed by atoms with Gasteiger partial charge in [0.1, 0.15) is 0 Å². The fourth-order valence-electron chi connectivity index (χ4n) is 3.04. The van der Waals surface area contributed by atoms with E-state index in [-0.39, 0.29) is 25.4 Å². The molecule has 2 atom stereocenters. The molecule has 10 heteroatoms. The predicted molar refractivity (Wildman–Crippen MR) is 115 cm³/mol. The second-order valence-electron chi connectivity index (χ2n) is 7.47. The van der Waals surface area contributed by atoms with Crippen LogP contribution in [0.15, 0.2) is 36.4 Å². The Morgan fingerprint density at radius 1 is 1.17 bits per heavy atom. The summed E-state index contributed by atoms with van der Waals surface area (Å²) in [4.78, 5) is 25.3. The zero-order valence-corrected chi connectivity index (χ0v) is 18.4. The quantitative estimate of drug-likeness (QED) is 0.283. The lowest BCUT2D eigenvalue weighted by molar-refractivity contribution is -0.141. The molecule has 1 rings (SSSR count). The van der Waals surface area contributed by atoms with Crippen LogP contribution in [0.4, 0.5) is 0 Å². The molecule has 2 amide bonds. The minimum Gasteiger partial charge on any atom is -0.329 e. The first-order chi connectivity index (χ1) is 14.1. The number of hydrogen-bond donors (Lipinski definition) is 4. The summed E-state index contributed by atoms with van der Waals surface area (Å²) in [5.41, 5.74) is 10.4. The second kappa shape index (κ2) is 12.4. The third kappa shape index (κ3) is 8.62. The van der Waals surface area contributed by atoms with Crippen LogP contribution in [0.1, 0.15) is 32.3 Å². The van der Waals surface area contributed by atoms with Crippen LogP contribution >= 0.6 is 0 Å². The summed E-state index contributed by atoms with van der Waals surface area (Å²) in [6.07, 6.45) is 5.04. The lowest BCUT2D eigenvalue weighted by atomic mass is 9.82. The van der Waals surface area contributed by atoms with Crippen LogP contribution in [0.5, 0.6) is 0 Å². The molecular weight excluding hydrogens is 408 g/mol. The Labute approximate surface area is 178 Å². The lowest BCUT2D eigenvalue weighted by Crippen LogP contribution is -2.52. The third-order valence-corrected chi connectivity index (χ3v) is 5.54. The van der Waals surface area contributed by atoms with Crippen LogP contribution in [0.3, 0.4) is 0 Å². The summed E-state index contributed by atoms with van der Waals surface area (Å²) >= 11 is 0. The Kier molecular flexibility index (Phi) is 10.7. The highest BCUT2D eigenvalue weighted by Crippen LogP contribution is 2.25. The van der Waals surface area contributed by atoms with Crippen molar-refractivity contribution < 1.29 is 23.2 Å². The van der Waals surface area contributed by atoms with E-state index in [0.29, 0.717) is 6.42 Å². The predicted octanol–water partition coefficient (Wildman–Crippen LogP) is 1.13. The average molecular weight is 441 g/mol. The van der Waals surface area contributed by atoms with E-state index in [0.717, 1.165) is 16.2 Å². The van der Waals surface area contributed by atoms with Crippen molar-refractivity contribution in [3.05, 3.63) is 42.0 Å². The van der Waals surface area contributed by atoms with Crippen molar-refractivity contribution in [3.63, 3.8) is 0 Å². The maximum Gasteiger partial charge on any atom is 0.247 e. The number of allylic oxidation sites excluding steroid dienone is 1. The molecule has 0 heterocycles. The first kappa shape index (κ1) is 25.8. The highest BCUT2D eigenvalue weighted by Gasteiger charge is 2.35. The van der Waals surface area contributed by atoms with Crippen molar-refractivity contribution in [1.82, 2.24) is 15.3 Å². The smallest absolute Gasteiger partial charge is 0.247 e. The van der Waals surface area contributed by atoms with Crippen LogP contribution < -0.4 is 16.6 Å². The van der Waals surface area contributed by atoms with E-state index in [1.165, 1.54) is 0 Å². The minimum atomic E-state index is -3.73. The van der Waals surface area contributed by atoms with Crippen LogP contribution in [-0.2, 0) is 19.6 Å². The van der Waals surface area contributed by atoms with Gasteiger partial charge >= 0.3 is 0 Å². The van der Waals surface area contributed by atoms with Crippen molar-refractivity contribution in [2.24, 2.45) is 23.5 Å². The molecule has 1 aromatic carbocycles. The zero-order chi connectivity index (χ0) is 22.7. The van der Waals surface area contributed by atoms with Crippen LogP contribution in [0, 0.1) is 17.8 Å². The van der Waals surface area contributed by atoms with Gasteiger partial charge in [0.05, 0.1) is 18.1 Å². The molecule has 0 spiro atoms. The van der Waals surface area contributed by atoms with Gasteiger partial charge in [0, 0.05) is 13.1 Å². The number of rotatable bonds is 12. The summed E-state index contributed by atoms with van der Waals surface area (Å²) in [6.45, 7) is 3.71. The highest BCUT2D eigenvalue weighted by atomic mass is 32.2. The molecule has 0 fully saturated rings. The molecule has 0 unspecified atom stereocenters. The molecule has 168 valence electrons. The molecule has 1 aromatic rings. The molecule has 0 saturated carbocycles.